The van der Waals surface area contributed by atoms with E-state index in [1.54, 1.807) is 0 Å². The lowest BCUT2D eigenvalue weighted by Gasteiger charge is -2.11. The molecule has 0 aliphatic rings. The van der Waals surface area contributed by atoms with Crippen molar-refractivity contribution in [2.24, 2.45) is 5.92 Å². The number of rotatable bonds is 5. The van der Waals surface area contributed by atoms with E-state index in [2.05, 4.69) is 12.1 Å². The zero-order valence-electron chi connectivity index (χ0n) is 9.34. The number of aryl methyl sites for hydroxylation is 1. The first-order valence-corrected chi connectivity index (χ1v) is 5.41. The quantitative estimate of drug-likeness (QED) is 0.685. The molecule has 84 valence electrons. The van der Waals surface area contributed by atoms with Gasteiger partial charge in [-0.1, -0.05) is 36.8 Å². The second kappa shape index (κ2) is 5.84. The first-order valence-electron chi connectivity index (χ1n) is 5.41. The van der Waals surface area contributed by atoms with Crippen LogP contribution in [0.25, 0.3) is 0 Å². The van der Waals surface area contributed by atoms with Crippen molar-refractivity contribution in [3.63, 3.8) is 0 Å². The molecule has 0 aliphatic heterocycles. The summed E-state index contributed by atoms with van der Waals surface area (Å²) in [4.78, 5) is 0. The third-order valence-electron chi connectivity index (χ3n) is 2.54. The van der Waals surface area contributed by atoms with Gasteiger partial charge in [0, 0.05) is 6.42 Å². The highest BCUT2D eigenvalue weighted by Gasteiger charge is 2.08. The number of hydrogen-bond acceptors (Lipinski definition) is 0. The van der Waals surface area contributed by atoms with E-state index in [4.69, 9.17) is 0 Å². The third kappa shape index (κ3) is 4.91. The molecular weight excluding hydrogens is 194 g/mol. The molecule has 0 bridgehead atoms. The second-order valence-electron chi connectivity index (χ2n) is 4.27. The lowest BCUT2D eigenvalue weighted by atomic mass is 9.96. The van der Waals surface area contributed by atoms with Gasteiger partial charge in [-0.15, -0.1) is 0 Å². The summed E-state index contributed by atoms with van der Waals surface area (Å²) in [7, 11) is 0. The van der Waals surface area contributed by atoms with E-state index in [0.717, 1.165) is 6.42 Å². The van der Waals surface area contributed by atoms with Crippen molar-refractivity contribution in [1.29, 1.82) is 0 Å². The molecule has 0 amide bonds. The van der Waals surface area contributed by atoms with Crippen LogP contribution in [0.5, 0.6) is 0 Å². The van der Waals surface area contributed by atoms with Crippen molar-refractivity contribution < 1.29 is 8.78 Å². The molecular formula is C13H18F2. The van der Waals surface area contributed by atoms with Crippen LogP contribution in [0.1, 0.15) is 30.9 Å². The fraction of sp³-hybridized carbons (Fsp3) is 0.538. The first-order chi connectivity index (χ1) is 7.08. The van der Waals surface area contributed by atoms with E-state index < -0.39 is 6.43 Å². The predicted molar refractivity (Wildman–Crippen MR) is 59.3 cm³/mol. The minimum atomic E-state index is -2.16. The molecule has 2 heteroatoms. The normalized spacial score (nSPS) is 13.1. The Hall–Kier alpha value is -0.920. The van der Waals surface area contributed by atoms with Gasteiger partial charge < -0.3 is 0 Å². The molecule has 0 nitrogen and oxygen atoms in total. The van der Waals surface area contributed by atoms with Gasteiger partial charge in [0.05, 0.1) is 0 Å². The largest absolute Gasteiger partial charge is 0.238 e. The van der Waals surface area contributed by atoms with Gasteiger partial charge in [-0.05, 0) is 31.2 Å². The fourth-order valence-corrected chi connectivity index (χ4v) is 1.75. The smallest absolute Gasteiger partial charge is 0.211 e. The van der Waals surface area contributed by atoms with Crippen LogP contribution >= 0.6 is 0 Å². The molecule has 0 heterocycles. The highest BCUT2D eigenvalue weighted by molar-refractivity contribution is 5.22. The lowest BCUT2D eigenvalue weighted by Crippen LogP contribution is -2.02. The summed E-state index contributed by atoms with van der Waals surface area (Å²) in [6.07, 6.45) is -0.641. The SMILES string of the molecule is Cc1cccc(CC(C)CCC(F)F)c1. The van der Waals surface area contributed by atoms with Gasteiger partial charge in [0.1, 0.15) is 0 Å². The van der Waals surface area contributed by atoms with Gasteiger partial charge in [0.2, 0.25) is 6.43 Å². The molecule has 0 saturated carbocycles. The molecule has 0 aliphatic carbocycles. The van der Waals surface area contributed by atoms with Gasteiger partial charge in [-0.3, -0.25) is 0 Å². The molecule has 0 radical (unpaired) electrons. The van der Waals surface area contributed by atoms with Crippen molar-refractivity contribution in [3.8, 4) is 0 Å². The maximum atomic E-state index is 12.0. The lowest BCUT2D eigenvalue weighted by molar-refractivity contribution is 0.128. The molecule has 0 spiro atoms. The molecule has 15 heavy (non-hydrogen) atoms. The Morgan fingerprint density at radius 3 is 2.53 bits per heavy atom. The van der Waals surface area contributed by atoms with Crippen molar-refractivity contribution >= 4 is 0 Å². The summed E-state index contributed by atoms with van der Waals surface area (Å²) in [5.74, 6) is 0.334. The summed E-state index contributed by atoms with van der Waals surface area (Å²) in [6.45, 7) is 4.08. The van der Waals surface area contributed by atoms with Crippen LogP contribution in [-0.4, -0.2) is 6.43 Å². The maximum Gasteiger partial charge on any atom is 0.238 e. The average molecular weight is 212 g/mol. The molecule has 1 rings (SSSR count). The second-order valence-corrected chi connectivity index (χ2v) is 4.27. The molecule has 1 aromatic carbocycles. The van der Waals surface area contributed by atoms with Gasteiger partial charge in [0.25, 0.3) is 0 Å². The summed E-state index contributed by atoms with van der Waals surface area (Å²) in [5, 5.41) is 0. The average Bonchev–Trinajstić information content (AvgIpc) is 2.15. The number of benzene rings is 1. The van der Waals surface area contributed by atoms with Gasteiger partial charge in [-0.25, -0.2) is 8.78 Å². The Morgan fingerprint density at radius 1 is 1.20 bits per heavy atom. The van der Waals surface area contributed by atoms with Crippen LogP contribution in [0.2, 0.25) is 0 Å². The van der Waals surface area contributed by atoms with Crippen LogP contribution in [0.4, 0.5) is 8.78 Å². The summed E-state index contributed by atoms with van der Waals surface area (Å²) >= 11 is 0. The molecule has 1 atom stereocenters. The minimum Gasteiger partial charge on any atom is -0.211 e. The number of halogens is 2. The van der Waals surface area contributed by atoms with E-state index in [1.807, 2.05) is 26.0 Å². The van der Waals surface area contributed by atoms with Gasteiger partial charge in [-0.2, -0.15) is 0 Å². The zero-order chi connectivity index (χ0) is 11.3. The summed E-state index contributed by atoms with van der Waals surface area (Å²) in [6, 6.07) is 8.25. The topological polar surface area (TPSA) is 0 Å². The fourth-order valence-electron chi connectivity index (χ4n) is 1.75. The Balaban J connectivity index is 2.40. The van der Waals surface area contributed by atoms with Crippen LogP contribution in [0.3, 0.4) is 0 Å². The van der Waals surface area contributed by atoms with Crippen LogP contribution < -0.4 is 0 Å². The monoisotopic (exact) mass is 212 g/mol. The molecule has 0 N–H and O–H groups in total. The summed E-state index contributed by atoms with van der Waals surface area (Å²) in [5.41, 5.74) is 2.48. The van der Waals surface area contributed by atoms with Crippen molar-refractivity contribution in [2.45, 2.75) is 39.5 Å². The Bertz CT molecular complexity index is 294. The highest BCUT2D eigenvalue weighted by atomic mass is 19.3. The standard InChI is InChI=1S/C13H18F2/c1-10-4-3-5-12(8-10)9-11(2)6-7-13(14)15/h3-5,8,11,13H,6-7,9H2,1-2H3. The Morgan fingerprint density at radius 2 is 1.93 bits per heavy atom. The van der Waals surface area contributed by atoms with Gasteiger partial charge in [0.15, 0.2) is 0 Å². The molecule has 1 unspecified atom stereocenters. The molecule has 0 fully saturated rings. The van der Waals surface area contributed by atoms with Crippen molar-refractivity contribution in [2.75, 3.05) is 0 Å². The maximum absolute atomic E-state index is 12.0. The number of alkyl halides is 2. The Labute approximate surface area is 90.3 Å². The molecule has 0 aromatic heterocycles. The van der Waals surface area contributed by atoms with E-state index in [9.17, 15) is 8.78 Å². The van der Waals surface area contributed by atoms with E-state index in [0.29, 0.717) is 12.3 Å². The number of hydrogen-bond donors (Lipinski definition) is 0. The minimum absolute atomic E-state index is 0.0208. The van der Waals surface area contributed by atoms with E-state index in [1.165, 1.54) is 11.1 Å². The Kier molecular flexibility index (Phi) is 4.73. The predicted octanol–water partition coefficient (Wildman–Crippen LogP) is 4.22. The van der Waals surface area contributed by atoms with Crippen molar-refractivity contribution in [1.82, 2.24) is 0 Å². The first kappa shape index (κ1) is 12.2. The third-order valence-corrected chi connectivity index (χ3v) is 2.54. The van der Waals surface area contributed by atoms with Crippen LogP contribution in [-0.2, 0) is 6.42 Å². The van der Waals surface area contributed by atoms with Crippen LogP contribution in [0, 0.1) is 12.8 Å². The zero-order valence-corrected chi connectivity index (χ0v) is 9.34. The van der Waals surface area contributed by atoms with Gasteiger partial charge >= 0.3 is 0 Å². The van der Waals surface area contributed by atoms with E-state index in [-0.39, 0.29) is 6.42 Å². The summed E-state index contributed by atoms with van der Waals surface area (Å²) < 4.78 is 24.0. The molecule has 0 saturated heterocycles. The van der Waals surface area contributed by atoms with E-state index >= 15 is 0 Å². The molecule has 1 aromatic rings. The highest BCUT2D eigenvalue weighted by Crippen LogP contribution is 2.16. The van der Waals surface area contributed by atoms with Crippen molar-refractivity contribution in [3.05, 3.63) is 35.4 Å². The van der Waals surface area contributed by atoms with Crippen LogP contribution in [0.15, 0.2) is 24.3 Å².